The first-order valence-electron chi connectivity index (χ1n) is 15.5. The number of hydrogen-bond acceptors (Lipinski definition) is 5. The quantitative estimate of drug-likeness (QED) is 0.542. The van der Waals surface area contributed by atoms with Gasteiger partial charge in [-0.25, -0.2) is 9.78 Å². The van der Waals surface area contributed by atoms with Crippen molar-refractivity contribution in [2.75, 3.05) is 18.0 Å². The maximum atomic E-state index is 14.1. The van der Waals surface area contributed by atoms with Crippen LogP contribution in [0.2, 0.25) is 0 Å². The molecular formula is C32H44N4O3. The van der Waals surface area contributed by atoms with E-state index in [0.29, 0.717) is 42.2 Å². The molecule has 8 rings (SSSR count). The van der Waals surface area contributed by atoms with Crippen molar-refractivity contribution in [1.29, 1.82) is 0 Å². The molecule has 1 aromatic heterocycles. The molecule has 4 bridgehead atoms. The fourth-order valence-electron chi connectivity index (χ4n) is 9.49. The van der Waals surface area contributed by atoms with E-state index in [0.717, 1.165) is 41.6 Å². The number of piperidine rings is 2. The first-order chi connectivity index (χ1) is 18.7. The molecule has 3 saturated carbocycles. The molecule has 39 heavy (non-hydrogen) atoms. The molecule has 7 nitrogen and oxygen atoms in total. The second-order valence-electron chi connectivity index (χ2n) is 14.1. The smallest absolute Gasteiger partial charge is 0.326 e. The zero-order chi connectivity index (χ0) is 27.1. The predicted molar refractivity (Wildman–Crippen MR) is 153 cm³/mol. The number of carboxylic acids is 1. The topological polar surface area (TPSA) is 78.7 Å². The molecule has 7 heteroatoms. The second-order valence-corrected chi connectivity index (χ2v) is 14.1. The molecule has 6 fully saturated rings. The van der Waals surface area contributed by atoms with Gasteiger partial charge in [0.2, 0.25) is 0 Å². The van der Waals surface area contributed by atoms with E-state index in [1.165, 1.54) is 45.1 Å². The van der Waals surface area contributed by atoms with E-state index in [9.17, 15) is 14.7 Å². The third-order valence-electron chi connectivity index (χ3n) is 12.0. The molecule has 4 heterocycles. The lowest BCUT2D eigenvalue weighted by Crippen LogP contribution is -2.58. The van der Waals surface area contributed by atoms with Crippen molar-refractivity contribution < 1.29 is 9.90 Å². The van der Waals surface area contributed by atoms with Gasteiger partial charge in [0.05, 0.1) is 11.0 Å². The second kappa shape index (κ2) is 9.32. The molecule has 3 aliphatic heterocycles. The van der Waals surface area contributed by atoms with E-state index >= 15 is 0 Å². The molecule has 0 radical (unpaired) electrons. The number of aromatic nitrogens is 2. The number of benzene rings is 1. The van der Waals surface area contributed by atoms with Crippen molar-refractivity contribution in [3.8, 4) is 0 Å². The van der Waals surface area contributed by atoms with E-state index < -0.39 is 12.0 Å². The van der Waals surface area contributed by atoms with E-state index in [4.69, 9.17) is 4.98 Å². The molecule has 3 saturated heterocycles. The summed E-state index contributed by atoms with van der Waals surface area (Å²) in [6.45, 7) is 9.18. The van der Waals surface area contributed by atoms with Gasteiger partial charge in [0.25, 0.3) is 5.56 Å². The Morgan fingerprint density at radius 2 is 1.87 bits per heavy atom. The molecule has 2 aromatic rings. The normalized spacial score (nSPS) is 37.3. The van der Waals surface area contributed by atoms with Crippen LogP contribution in [0.25, 0.3) is 11.0 Å². The maximum Gasteiger partial charge on any atom is 0.326 e. The van der Waals surface area contributed by atoms with E-state index in [1.807, 2.05) is 28.8 Å². The summed E-state index contributed by atoms with van der Waals surface area (Å²) in [5.41, 5.74) is 2.08. The van der Waals surface area contributed by atoms with E-state index in [1.54, 1.807) is 4.90 Å². The van der Waals surface area contributed by atoms with Crippen LogP contribution in [-0.4, -0.2) is 56.7 Å². The van der Waals surface area contributed by atoms with Gasteiger partial charge in [-0.15, -0.1) is 0 Å². The number of nitrogens with zero attached hydrogens (tertiary/aromatic N) is 4. The van der Waals surface area contributed by atoms with Crippen LogP contribution in [0.5, 0.6) is 0 Å². The Labute approximate surface area is 231 Å². The van der Waals surface area contributed by atoms with Crippen LogP contribution >= 0.6 is 0 Å². The number of fused-ring (bicyclic) bond motifs is 5. The van der Waals surface area contributed by atoms with Gasteiger partial charge in [-0.05, 0) is 106 Å². The Balaban J connectivity index is 1.17. The minimum atomic E-state index is -0.877. The van der Waals surface area contributed by atoms with Crippen LogP contribution in [0, 0.1) is 29.1 Å². The first kappa shape index (κ1) is 25.6. The highest BCUT2D eigenvalue weighted by molar-refractivity contribution is 5.81. The van der Waals surface area contributed by atoms with Crippen LogP contribution in [-0.2, 0) is 4.79 Å². The van der Waals surface area contributed by atoms with Gasteiger partial charge in [-0.1, -0.05) is 32.9 Å². The summed E-state index contributed by atoms with van der Waals surface area (Å²) in [4.78, 5) is 35.1. The maximum absolute atomic E-state index is 14.1. The Morgan fingerprint density at radius 3 is 2.59 bits per heavy atom. The van der Waals surface area contributed by atoms with Gasteiger partial charge in [0.15, 0.2) is 5.82 Å². The summed E-state index contributed by atoms with van der Waals surface area (Å²) in [5.74, 6) is 2.78. The lowest BCUT2D eigenvalue weighted by molar-refractivity contribution is -0.140. The summed E-state index contributed by atoms with van der Waals surface area (Å²) in [6.07, 6.45) is 10.6. The molecule has 0 spiro atoms. The molecule has 8 unspecified atom stereocenters. The molecule has 3 aliphatic carbocycles. The van der Waals surface area contributed by atoms with Crippen LogP contribution in [0.1, 0.15) is 84.6 Å². The summed E-state index contributed by atoms with van der Waals surface area (Å²) < 4.78 is 2.00. The largest absolute Gasteiger partial charge is 0.480 e. The molecule has 1 aromatic carbocycles. The van der Waals surface area contributed by atoms with Crippen molar-refractivity contribution in [3.63, 3.8) is 0 Å². The Hall–Kier alpha value is -2.41. The fraction of sp³-hybridized carbons (Fsp3) is 0.719. The van der Waals surface area contributed by atoms with Crippen LogP contribution in [0.3, 0.4) is 0 Å². The zero-order valence-electron chi connectivity index (χ0n) is 23.8. The summed E-state index contributed by atoms with van der Waals surface area (Å²) in [6, 6.07) is 8.37. The van der Waals surface area contributed by atoms with Gasteiger partial charge in [0, 0.05) is 24.7 Å². The van der Waals surface area contributed by atoms with Crippen molar-refractivity contribution in [3.05, 3.63) is 34.6 Å². The molecule has 6 aliphatic rings. The number of hydrogen-bond donors (Lipinski definition) is 1. The number of anilines is 1. The zero-order valence-corrected chi connectivity index (χ0v) is 23.8. The Bertz CT molecular complexity index is 1330. The molecule has 210 valence electrons. The van der Waals surface area contributed by atoms with Crippen molar-refractivity contribution in [2.24, 2.45) is 29.1 Å². The molecular weight excluding hydrogens is 488 g/mol. The van der Waals surface area contributed by atoms with E-state index in [2.05, 4.69) is 25.7 Å². The van der Waals surface area contributed by atoms with Gasteiger partial charge < -0.3 is 14.6 Å². The van der Waals surface area contributed by atoms with Gasteiger partial charge in [-0.3, -0.25) is 9.69 Å². The number of para-hydroxylation sites is 2. The van der Waals surface area contributed by atoms with Crippen molar-refractivity contribution in [1.82, 2.24) is 14.5 Å². The Kier molecular flexibility index (Phi) is 6.11. The highest BCUT2D eigenvalue weighted by Gasteiger charge is 2.54. The Morgan fingerprint density at radius 1 is 1.05 bits per heavy atom. The van der Waals surface area contributed by atoms with Gasteiger partial charge >= 0.3 is 5.97 Å². The molecule has 0 amide bonds. The summed E-state index contributed by atoms with van der Waals surface area (Å²) >= 11 is 0. The number of rotatable bonds is 6. The number of aliphatic carboxylic acids is 1. The molecule has 8 atom stereocenters. The van der Waals surface area contributed by atoms with Gasteiger partial charge in [-0.2, -0.15) is 0 Å². The SMILES string of the molecule is CC1CCC2CC(n3c(=O)c(N4CCC4C(=O)O)nc4ccccc43)CC1N2CCC1CCC2CC1C2(C)C. The molecule has 1 N–H and O–H groups in total. The number of carbonyl (C=O) groups is 1. The predicted octanol–water partition coefficient (Wildman–Crippen LogP) is 5.33. The third-order valence-corrected chi connectivity index (χ3v) is 12.0. The van der Waals surface area contributed by atoms with Crippen LogP contribution in [0.15, 0.2) is 29.1 Å². The average molecular weight is 533 g/mol. The monoisotopic (exact) mass is 532 g/mol. The minimum Gasteiger partial charge on any atom is -0.480 e. The van der Waals surface area contributed by atoms with Crippen LogP contribution in [0.4, 0.5) is 5.82 Å². The lowest BCUT2D eigenvalue weighted by Gasteiger charge is -2.61. The van der Waals surface area contributed by atoms with Crippen molar-refractivity contribution >= 4 is 22.8 Å². The third kappa shape index (κ3) is 3.97. The standard InChI is InChI=1S/C32H44N4O3/c1-19-8-11-22-17-23(18-28(19)34(22)14-12-20-9-10-21-16-24(20)32(21,2)3)36-26-7-5-4-6-25(26)33-29(30(36)37)35-15-13-27(35)31(38)39/h4-7,19-24,27-28H,8-18H2,1-3H3,(H,38,39). The fourth-order valence-corrected chi connectivity index (χ4v) is 9.49. The van der Waals surface area contributed by atoms with E-state index in [-0.39, 0.29) is 11.6 Å². The highest BCUT2D eigenvalue weighted by atomic mass is 16.4. The van der Waals surface area contributed by atoms with Gasteiger partial charge in [0.1, 0.15) is 6.04 Å². The van der Waals surface area contributed by atoms with Crippen molar-refractivity contribution in [2.45, 2.75) is 103 Å². The number of carboxylic acid groups (broad SMARTS) is 1. The minimum absolute atomic E-state index is 0.115. The average Bonchev–Trinajstić information content (AvgIpc) is 2.89. The first-order valence-corrected chi connectivity index (χ1v) is 15.5. The summed E-state index contributed by atoms with van der Waals surface area (Å²) in [7, 11) is 0. The summed E-state index contributed by atoms with van der Waals surface area (Å²) in [5, 5.41) is 9.66. The lowest BCUT2D eigenvalue weighted by atomic mass is 9.45. The highest BCUT2D eigenvalue weighted by Crippen LogP contribution is 2.62. The van der Waals surface area contributed by atoms with Crippen LogP contribution < -0.4 is 10.5 Å².